The van der Waals surface area contributed by atoms with Crippen LogP contribution in [0.2, 0.25) is 0 Å². The van der Waals surface area contributed by atoms with Crippen LogP contribution in [-0.2, 0) is 6.42 Å². The van der Waals surface area contributed by atoms with Crippen molar-refractivity contribution in [2.75, 3.05) is 5.32 Å². The topological polar surface area (TPSA) is 71.3 Å². The zero-order valence-electron chi connectivity index (χ0n) is 15.1. The highest BCUT2D eigenvalue weighted by atomic mass is 79.9. The maximum Gasteiger partial charge on any atom is 0.256 e. The molecule has 2 aromatic carbocycles. The van der Waals surface area contributed by atoms with Crippen LogP contribution in [-0.4, -0.2) is 11.8 Å². The molecule has 0 radical (unpaired) electrons. The molecule has 2 N–H and O–H groups in total. The molecule has 0 spiro atoms. The van der Waals surface area contributed by atoms with E-state index < -0.39 is 0 Å². The van der Waals surface area contributed by atoms with Crippen molar-refractivity contribution in [3.8, 4) is 0 Å². The molecular weight excluding hydrogens is 420 g/mol. The first-order valence-electron chi connectivity index (χ1n) is 9.15. The minimum atomic E-state index is -0.275. The molecule has 6 heteroatoms. The number of aryl methyl sites for hydroxylation is 1. The van der Waals surface area contributed by atoms with Gasteiger partial charge in [-0.25, -0.2) is 0 Å². The number of carbonyl (C=O) groups excluding carboxylic acids is 2. The number of carbonyl (C=O) groups is 2. The molecule has 0 saturated carbocycles. The van der Waals surface area contributed by atoms with Crippen molar-refractivity contribution in [3.05, 3.63) is 87.8 Å². The van der Waals surface area contributed by atoms with Gasteiger partial charge in [0.25, 0.3) is 11.8 Å². The summed E-state index contributed by atoms with van der Waals surface area (Å²) in [5.74, 6) is 0.441. The highest BCUT2D eigenvalue weighted by Crippen LogP contribution is 2.31. The smallest absolute Gasteiger partial charge is 0.256 e. The lowest BCUT2D eigenvalue weighted by molar-refractivity contribution is 0.0933. The van der Waals surface area contributed by atoms with Crippen LogP contribution in [0.4, 0.5) is 5.69 Å². The molecule has 5 nitrogen and oxygen atoms in total. The number of furan rings is 1. The molecule has 1 aliphatic rings. The minimum Gasteiger partial charge on any atom is -0.469 e. The van der Waals surface area contributed by atoms with Gasteiger partial charge in [0.15, 0.2) is 0 Å². The number of halogens is 1. The van der Waals surface area contributed by atoms with E-state index in [-0.39, 0.29) is 17.9 Å². The highest BCUT2D eigenvalue weighted by molar-refractivity contribution is 9.10. The van der Waals surface area contributed by atoms with E-state index in [1.54, 1.807) is 48.7 Å². The quantitative estimate of drug-likeness (QED) is 0.594. The summed E-state index contributed by atoms with van der Waals surface area (Å²) in [6, 6.07) is 16.0. The summed E-state index contributed by atoms with van der Waals surface area (Å²) in [7, 11) is 0. The van der Waals surface area contributed by atoms with Crippen LogP contribution in [0.5, 0.6) is 0 Å². The maximum absolute atomic E-state index is 12.9. The lowest BCUT2D eigenvalue weighted by Crippen LogP contribution is -2.31. The summed E-state index contributed by atoms with van der Waals surface area (Å²) in [6.45, 7) is 0. The third-order valence-corrected chi connectivity index (χ3v) is 5.59. The number of rotatable bonds is 4. The largest absolute Gasteiger partial charge is 0.469 e. The predicted octanol–water partition coefficient (Wildman–Crippen LogP) is 5.10. The first-order chi connectivity index (χ1) is 13.6. The van der Waals surface area contributed by atoms with Gasteiger partial charge < -0.3 is 15.1 Å². The number of amides is 2. The monoisotopic (exact) mass is 438 g/mol. The minimum absolute atomic E-state index is 0.0815. The van der Waals surface area contributed by atoms with Gasteiger partial charge >= 0.3 is 0 Å². The first kappa shape index (κ1) is 18.5. The molecule has 1 unspecified atom stereocenters. The molecule has 1 atom stereocenters. The Bertz CT molecular complexity index is 1030. The summed E-state index contributed by atoms with van der Waals surface area (Å²) in [5.41, 5.74) is 2.45. The Morgan fingerprint density at radius 1 is 0.964 bits per heavy atom. The van der Waals surface area contributed by atoms with E-state index in [2.05, 4.69) is 26.6 Å². The number of nitrogens with one attached hydrogen (secondary N) is 2. The number of hydrogen-bond donors (Lipinski definition) is 2. The fraction of sp³-hybridized carbons (Fsp3) is 0.182. The van der Waals surface area contributed by atoms with E-state index in [0.717, 1.165) is 30.6 Å². The fourth-order valence-corrected chi connectivity index (χ4v) is 3.96. The second-order valence-electron chi connectivity index (χ2n) is 6.70. The maximum atomic E-state index is 12.9. The lowest BCUT2D eigenvalue weighted by Gasteiger charge is -2.23. The average Bonchev–Trinajstić information content (AvgIpc) is 3.18. The third kappa shape index (κ3) is 3.73. The Labute approximate surface area is 171 Å². The highest BCUT2D eigenvalue weighted by Gasteiger charge is 2.25. The molecule has 0 saturated heterocycles. The van der Waals surface area contributed by atoms with Crippen molar-refractivity contribution in [3.63, 3.8) is 0 Å². The first-order valence-corrected chi connectivity index (χ1v) is 9.95. The van der Waals surface area contributed by atoms with E-state index in [0.29, 0.717) is 21.3 Å². The van der Waals surface area contributed by atoms with E-state index in [1.807, 2.05) is 12.1 Å². The molecule has 4 rings (SSSR count). The van der Waals surface area contributed by atoms with Gasteiger partial charge in [-0.2, -0.15) is 0 Å². The van der Waals surface area contributed by atoms with Crippen LogP contribution in [0.1, 0.15) is 50.9 Å². The molecular formula is C22H19BrN2O3. The van der Waals surface area contributed by atoms with Gasteiger partial charge in [0.2, 0.25) is 0 Å². The zero-order valence-corrected chi connectivity index (χ0v) is 16.7. The second kappa shape index (κ2) is 8.02. The molecule has 2 amide bonds. The van der Waals surface area contributed by atoms with Gasteiger partial charge in [0.1, 0.15) is 5.76 Å². The van der Waals surface area contributed by atoms with Crippen LogP contribution in [0, 0.1) is 0 Å². The Balaban J connectivity index is 1.54. The summed E-state index contributed by atoms with van der Waals surface area (Å²) < 4.78 is 6.20. The van der Waals surface area contributed by atoms with Gasteiger partial charge in [-0.3, -0.25) is 9.59 Å². The number of anilines is 1. The molecule has 3 aromatic rings. The molecule has 0 aliphatic heterocycles. The standard InChI is InChI=1S/C22H19BrN2O3/c23-17-8-3-1-6-14(17)21(26)25-19-9-4-2-7-16(19)22(27)24-18-10-5-11-20-15(18)12-13-28-20/h1-4,6-9,12-13,18H,5,10-11H2,(H,24,27)(H,25,26). The summed E-state index contributed by atoms with van der Waals surface area (Å²) in [6.07, 6.45) is 4.39. The second-order valence-corrected chi connectivity index (χ2v) is 7.55. The predicted molar refractivity (Wildman–Crippen MR) is 110 cm³/mol. The van der Waals surface area contributed by atoms with Gasteiger partial charge in [0.05, 0.1) is 29.1 Å². The zero-order chi connectivity index (χ0) is 19.5. The molecule has 1 aromatic heterocycles. The lowest BCUT2D eigenvalue weighted by atomic mass is 9.93. The Morgan fingerprint density at radius 3 is 2.54 bits per heavy atom. The van der Waals surface area contributed by atoms with Crippen molar-refractivity contribution < 1.29 is 14.0 Å². The van der Waals surface area contributed by atoms with Crippen LogP contribution < -0.4 is 10.6 Å². The van der Waals surface area contributed by atoms with E-state index >= 15 is 0 Å². The van der Waals surface area contributed by atoms with Crippen LogP contribution in [0.15, 0.2) is 69.8 Å². The van der Waals surface area contributed by atoms with E-state index in [4.69, 9.17) is 4.42 Å². The SMILES string of the molecule is O=C(Nc1ccccc1C(=O)NC1CCCc2occc21)c1ccccc1Br. The van der Waals surface area contributed by atoms with Crippen LogP contribution in [0.3, 0.4) is 0 Å². The van der Waals surface area contributed by atoms with E-state index in [1.165, 1.54) is 0 Å². The van der Waals surface area contributed by atoms with Crippen molar-refractivity contribution in [2.45, 2.75) is 25.3 Å². The normalized spacial score (nSPS) is 15.5. The summed E-state index contributed by atoms with van der Waals surface area (Å²) in [5, 5.41) is 5.93. The van der Waals surface area contributed by atoms with Gasteiger partial charge in [-0.15, -0.1) is 0 Å². The number of hydrogen-bond acceptors (Lipinski definition) is 3. The Hall–Kier alpha value is -2.86. The summed E-state index contributed by atoms with van der Waals surface area (Å²) >= 11 is 3.39. The third-order valence-electron chi connectivity index (χ3n) is 4.90. The molecule has 1 aliphatic carbocycles. The molecule has 1 heterocycles. The molecule has 0 fully saturated rings. The van der Waals surface area contributed by atoms with Crippen molar-refractivity contribution in [1.82, 2.24) is 5.32 Å². The Morgan fingerprint density at radius 2 is 1.71 bits per heavy atom. The number of benzene rings is 2. The van der Waals surface area contributed by atoms with Crippen LogP contribution >= 0.6 is 15.9 Å². The summed E-state index contributed by atoms with van der Waals surface area (Å²) in [4.78, 5) is 25.6. The van der Waals surface area contributed by atoms with E-state index in [9.17, 15) is 9.59 Å². The van der Waals surface area contributed by atoms with Crippen molar-refractivity contribution >= 4 is 33.4 Å². The van der Waals surface area contributed by atoms with Gasteiger partial charge in [-0.05, 0) is 59.1 Å². The van der Waals surface area contributed by atoms with Crippen molar-refractivity contribution in [2.24, 2.45) is 0 Å². The number of fused-ring (bicyclic) bond motifs is 1. The van der Waals surface area contributed by atoms with Crippen LogP contribution in [0.25, 0.3) is 0 Å². The molecule has 142 valence electrons. The van der Waals surface area contributed by atoms with Crippen molar-refractivity contribution in [1.29, 1.82) is 0 Å². The molecule has 0 bridgehead atoms. The average molecular weight is 439 g/mol. The Kier molecular flexibility index (Phi) is 5.30. The molecule has 28 heavy (non-hydrogen) atoms. The fourth-order valence-electron chi connectivity index (χ4n) is 3.50. The van der Waals surface area contributed by atoms with Gasteiger partial charge in [-0.1, -0.05) is 24.3 Å². The number of para-hydroxylation sites is 1. The van der Waals surface area contributed by atoms with Gasteiger partial charge in [0, 0.05) is 16.5 Å².